The molecule has 1 aliphatic rings. The maximum Gasteiger partial charge on any atom is 0.337 e. The molecular formula is C11H11ClO4S. The zero-order valence-corrected chi connectivity index (χ0v) is 10.5. The number of hydrogen-bond donors (Lipinski definition) is 1. The first-order valence-electron chi connectivity index (χ1n) is 5.16. The number of aromatic carboxylic acids is 1. The molecule has 0 heterocycles. The SMILES string of the molecule is O=C(O)c1cc(S(=O)(=O)CC2CC2)ccc1Cl. The summed E-state index contributed by atoms with van der Waals surface area (Å²) < 4.78 is 23.9. The molecule has 1 aromatic carbocycles. The van der Waals surface area contributed by atoms with Gasteiger partial charge in [0.2, 0.25) is 0 Å². The molecular weight excluding hydrogens is 264 g/mol. The van der Waals surface area contributed by atoms with Crippen molar-refractivity contribution in [1.29, 1.82) is 0 Å². The molecule has 0 bridgehead atoms. The molecule has 0 saturated heterocycles. The van der Waals surface area contributed by atoms with E-state index in [-0.39, 0.29) is 27.2 Å². The zero-order chi connectivity index (χ0) is 12.6. The van der Waals surface area contributed by atoms with Crippen LogP contribution in [0.5, 0.6) is 0 Å². The molecule has 0 aliphatic heterocycles. The van der Waals surface area contributed by atoms with Gasteiger partial charge in [0.1, 0.15) is 0 Å². The normalized spacial score (nSPS) is 15.8. The van der Waals surface area contributed by atoms with E-state index in [1.54, 1.807) is 0 Å². The summed E-state index contributed by atoms with van der Waals surface area (Å²) >= 11 is 5.68. The molecule has 1 aromatic rings. The predicted molar refractivity (Wildman–Crippen MR) is 63.2 cm³/mol. The molecule has 4 nitrogen and oxygen atoms in total. The third kappa shape index (κ3) is 2.79. The molecule has 2 rings (SSSR count). The molecule has 1 saturated carbocycles. The Hall–Kier alpha value is -1.07. The van der Waals surface area contributed by atoms with Crippen molar-refractivity contribution in [2.75, 3.05) is 5.75 Å². The molecule has 0 aromatic heterocycles. The Kier molecular flexibility index (Phi) is 3.14. The van der Waals surface area contributed by atoms with Crippen LogP contribution in [0.1, 0.15) is 23.2 Å². The van der Waals surface area contributed by atoms with E-state index in [2.05, 4.69) is 0 Å². The van der Waals surface area contributed by atoms with E-state index in [0.29, 0.717) is 0 Å². The minimum atomic E-state index is -3.39. The fourth-order valence-electron chi connectivity index (χ4n) is 1.55. The minimum absolute atomic E-state index is 0.0335. The lowest BCUT2D eigenvalue weighted by molar-refractivity contribution is 0.0697. The Labute approximate surface area is 104 Å². The van der Waals surface area contributed by atoms with E-state index in [4.69, 9.17) is 16.7 Å². The third-order valence-corrected chi connectivity index (χ3v) is 4.89. The van der Waals surface area contributed by atoms with Crippen LogP contribution in [0.4, 0.5) is 0 Å². The van der Waals surface area contributed by atoms with Gasteiger partial charge in [0.25, 0.3) is 0 Å². The van der Waals surface area contributed by atoms with Gasteiger partial charge < -0.3 is 5.11 Å². The van der Waals surface area contributed by atoms with Crippen molar-refractivity contribution in [2.24, 2.45) is 5.92 Å². The maximum absolute atomic E-state index is 11.9. The smallest absolute Gasteiger partial charge is 0.337 e. The second kappa shape index (κ2) is 4.31. The van der Waals surface area contributed by atoms with E-state index < -0.39 is 15.8 Å². The fourth-order valence-corrected chi connectivity index (χ4v) is 3.47. The molecule has 92 valence electrons. The first kappa shape index (κ1) is 12.4. The zero-order valence-electron chi connectivity index (χ0n) is 8.89. The lowest BCUT2D eigenvalue weighted by atomic mass is 10.2. The lowest BCUT2D eigenvalue weighted by Gasteiger charge is -2.05. The Balaban J connectivity index is 2.38. The van der Waals surface area contributed by atoms with Gasteiger partial charge in [0, 0.05) is 0 Å². The third-order valence-electron chi connectivity index (χ3n) is 2.68. The molecule has 1 fully saturated rings. The second-order valence-corrected chi connectivity index (χ2v) is 6.61. The summed E-state index contributed by atoms with van der Waals surface area (Å²) in [6.45, 7) is 0. The van der Waals surface area contributed by atoms with Crippen LogP contribution < -0.4 is 0 Å². The van der Waals surface area contributed by atoms with Gasteiger partial charge in [-0.3, -0.25) is 0 Å². The van der Waals surface area contributed by atoms with Gasteiger partial charge >= 0.3 is 5.97 Å². The highest BCUT2D eigenvalue weighted by Gasteiger charge is 2.29. The monoisotopic (exact) mass is 274 g/mol. The van der Waals surface area contributed by atoms with Crippen molar-refractivity contribution in [3.63, 3.8) is 0 Å². The number of halogens is 1. The van der Waals surface area contributed by atoms with Gasteiger partial charge in [-0.1, -0.05) is 11.6 Å². The summed E-state index contributed by atoms with van der Waals surface area (Å²) in [7, 11) is -3.39. The number of hydrogen-bond acceptors (Lipinski definition) is 3. The quantitative estimate of drug-likeness (QED) is 0.914. The summed E-state index contributed by atoms with van der Waals surface area (Å²) in [5.74, 6) is -0.907. The Morgan fingerprint density at radius 1 is 1.41 bits per heavy atom. The largest absolute Gasteiger partial charge is 0.478 e. The predicted octanol–water partition coefficient (Wildman–Crippen LogP) is 2.22. The molecule has 0 spiro atoms. The molecule has 0 radical (unpaired) electrons. The number of carboxylic acid groups (broad SMARTS) is 1. The number of rotatable bonds is 4. The van der Waals surface area contributed by atoms with Crippen LogP contribution in [0.15, 0.2) is 23.1 Å². The highest BCUT2D eigenvalue weighted by atomic mass is 35.5. The molecule has 1 aliphatic carbocycles. The van der Waals surface area contributed by atoms with Crippen molar-refractivity contribution in [3.05, 3.63) is 28.8 Å². The summed E-state index contributed by atoms with van der Waals surface area (Å²) in [6, 6.07) is 3.79. The number of benzene rings is 1. The van der Waals surface area contributed by atoms with Crippen LogP contribution in [0.2, 0.25) is 5.02 Å². The fraction of sp³-hybridized carbons (Fsp3) is 0.364. The summed E-state index contributed by atoms with van der Waals surface area (Å²) in [5.41, 5.74) is -0.177. The van der Waals surface area contributed by atoms with Crippen LogP contribution in [-0.2, 0) is 9.84 Å². The van der Waals surface area contributed by atoms with Gasteiger partial charge in [-0.2, -0.15) is 0 Å². The summed E-state index contributed by atoms with van der Waals surface area (Å²) in [4.78, 5) is 10.9. The van der Waals surface area contributed by atoms with Gasteiger partial charge in [-0.05, 0) is 37.0 Å². The molecule has 17 heavy (non-hydrogen) atoms. The molecule has 6 heteroatoms. The van der Waals surface area contributed by atoms with Crippen molar-refractivity contribution >= 4 is 27.4 Å². The highest BCUT2D eigenvalue weighted by Crippen LogP contribution is 2.32. The summed E-state index contributed by atoms with van der Waals surface area (Å²) in [5, 5.41) is 8.92. The van der Waals surface area contributed by atoms with Crippen LogP contribution in [0, 0.1) is 5.92 Å². The Bertz CT molecular complexity index is 561. The Morgan fingerprint density at radius 2 is 2.06 bits per heavy atom. The minimum Gasteiger partial charge on any atom is -0.478 e. The van der Waals surface area contributed by atoms with Gasteiger partial charge in [-0.25, -0.2) is 13.2 Å². The van der Waals surface area contributed by atoms with Crippen LogP contribution in [0.3, 0.4) is 0 Å². The Morgan fingerprint density at radius 3 is 2.59 bits per heavy atom. The summed E-state index contributed by atoms with van der Waals surface area (Å²) in [6.07, 6.45) is 1.86. The van der Waals surface area contributed by atoms with Crippen LogP contribution in [-0.4, -0.2) is 25.2 Å². The first-order chi connectivity index (χ1) is 7.90. The molecule has 0 amide bonds. The average molecular weight is 275 g/mol. The number of sulfone groups is 1. The maximum atomic E-state index is 11.9. The molecule has 0 atom stereocenters. The van der Waals surface area contributed by atoms with Gasteiger partial charge in [-0.15, -0.1) is 0 Å². The van der Waals surface area contributed by atoms with Gasteiger partial charge in [0.05, 0.1) is 21.2 Å². The van der Waals surface area contributed by atoms with Gasteiger partial charge in [0.15, 0.2) is 9.84 Å². The van der Waals surface area contributed by atoms with Crippen molar-refractivity contribution < 1.29 is 18.3 Å². The second-order valence-electron chi connectivity index (χ2n) is 4.17. The number of carbonyl (C=O) groups is 1. The number of carboxylic acids is 1. The van der Waals surface area contributed by atoms with E-state index in [1.807, 2.05) is 0 Å². The van der Waals surface area contributed by atoms with E-state index >= 15 is 0 Å². The van der Waals surface area contributed by atoms with Crippen molar-refractivity contribution in [2.45, 2.75) is 17.7 Å². The average Bonchev–Trinajstić information content (AvgIpc) is 3.00. The van der Waals surface area contributed by atoms with Crippen molar-refractivity contribution in [1.82, 2.24) is 0 Å². The highest BCUT2D eigenvalue weighted by molar-refractivity contribution is 7.91. The molecule has 0 unspecified atom stereocenters. The molecule has 1 N–H and O–H groups in total. The standard InChI is InChI=1S/C11H11ClO4S/c12-10-4-3-8(5-9(10)11(13)14)17(15,16)6-7-1-2-7/h3-5,7H,1-2,6H2,(H,13,14). The van der Waals surface area contributed by atoms with E-state index in [9.17, 15) is 13.2 Å². The van der Waals surface area contributed by atoms with E-state index in [0.717, 1.165) is 18.9 Å². The van der Waals surface area contributed by atoms with Crippen molar-refractivity contribution in [3.8, 4) is 0 Å². The van der Waals surface area contributed by atoms with Crippen LogP contribution in [0.25, 0.3) is 0 Å². The topological polar surface area (TPSA) is 71.4 Å². The van der Waals surface area contributed by atoms with E-state index in [1.165, 1.54) is 12.1 Å². The first-order valence-corrected chi connectivity index (χ1v) is 7.19. The lowest BCUT2D eigenvalue weighted by Crippen LogP contribution is -2.10. The van der Waals surface area contributed by atoms with Crippen LogP contribution >= 0.6 is 11.6 Å².